The molecule has 3 atom stereocenters. The molecule has 2 amide bonds. The van der Waals surface area contributed by atoms with Crippen LogP contribution >= 0.6 is 0 Å². The standard InChI is InChI=1S/C16H15NO4/c1-9-4-2-7-12-13(9)15(19)17(14(12)18)11-6-3-5-10(8-11)16(20)21/h2-6,8-9,12-13H,7H2,1H3,(H,20,21)/p-1. The maximum Gasteiger partial charge on any atom is 0.238 e. The molecule has 5 heteroatoms. The molecule has 3 unspecified atom stereocenters. The lowest BCUT2D eigenvalue weighted by Crippen LogP contribution is -2.32. The molecule has 21 heavy (non-hydrogen) atoms. The van der Waals surface area contributed by atoms with Gasteiger partial charge < -0.3 is 9.90 Å². The van der Waals surface area contributed by atoms with Crippen LogP contribution in [-0.4, -0.2) is 17.8 Å². The summed E-state index contributed by atoms with van der Waals surface area (Å²) in [7, 11) is 0. The van der Waals surface area contributed by atoms with Crippen molar-refractivity contribution in [2.75, 3.05) is 4.90 Å². The van der Waals surface area contributed by atoms with Gasteiger partial charge in [-0.05, 0) is 30.0 Å². The first-order valence-corrected chi connectivity index (χ1v) is 6.86. The third-order valence-electron chi connectivity index (χ3n) is 4.21. The summed E-state index contributed by atoms with van der Waals surface area (Å²) in [5.74, 6) is -2.52. The number of aromatic carboxylic acids is 1. The van der Waals surface area contributed by atoms with Crippen LogP contribution < -0.4 is 10.0 Å². The number of carboxylic acid groups (broad SMARTS) is 1. The smallest absolute Gasteiger partial charge is 0.238 e. The molecule has 108 valence electrons. The fourth-order valence-electron chi connectivity index (χ4n) is 3.17. The molecule has 0 spiro atoms. The van der Waals surface area contributed by atoms with Crippen LogP contribution in [0.2, 0.25) is 0 Å². The lowest BCUT2D eigenvalue weighted by Gasteiger charge is -2.22. The van der Waals surface area contributed by atoms with Gasteiger partial charge in [0.1, 0.15) is 0 Å². The van der Waals surface area contributed by atoms with Gasteiger partial charge in [-0.3, -0.25) is 14.5 Å². The van der Waals surface area contributed by atoms with E-state index in [1.807, 2.05) is 19.1 Å². The van der Waals surface area contributed by atoms with Gasteiger partial charge in [0.15, 0.2) is 0 Å². The van der Waals surface area contributed by atoms with Gasteiger partial charge in [-0.25, -0.2) is 0 Å². The molecule has 5 nitrogen and oxygen atoms in total. The van der Waals surface area contributed by atoms with E-state index in [-0.39, 0.29) is 35.1 Å². The minimum absolute atomic E-state index is 0.00882. The second-order valence-electron chi connectivity index (χ2n) is 5.50. The summed E-state index contributed by atoms with van der Waals surface area (Å²) in [6.07, 6.45) is 4.43. The van der Waals surface area contributed by atoms with Crippen LogP contribution in [0.15, 0.2) is 36.4 Å². The largest absolute Gasteiger partial charge is 0.545 e. The van der Waals surface area contributed by atoms with Crippen molar-refractivity contribution in [2.45, 2.75) is 13.3 Å². The molecular weight excluding hydrogens is 270 g/mol. The van der Waals surface area contributed by atoms with Crippen LogP contribution in [0.3, 0.4) is 0 Å². The first kappa shape index (κ1) is 13.5. The number of rotatable bonds is 2. The Hall–Kier alpha value is -2.43. The number of imide groups is 1. The van der Waals surface area contributed by atoms with Crippen LogP contribution in [0.1, 0.15) is 23.7 Å². The Kier molecular flexibility index (Phi) is 3.12. The SMILES string of the molecule is CC1C=CCC2C(=O)N(c3cccc(C(=O)[O-])c3)C(=O)C12. The van der Waals surface area contributed by atoms with Gasteiger partial charge in [0.05, 0.1) is 23.5 Å². The molecule has 1 aliphatic heterocycles. The maximum absolute atomic E-state index is 12.6. The van der Waals surface area contributed by atoms with Crippen LogP contribution in [0.25, 0.3) is 0 Å². The molecule has 1 saturated heterocycles. The Morgan fingerprint density at radius 1 is 1.29 bits per heavy atom. The van der Waals surface area contributed by atoms with Crippen molar-refractivity contribution in [3.05, 3.63) is 42.0 Å². The van der Waals surface area contributed by atoms with Crippen molar-refractivity contribution in [1.29, 1.82) is 0 Å². The molecule has 0 saturated carbocycles. The number of amides is 2. The second-order valence-corrected chi connectivity index (χ2v) is 5.50. The van der Waals surface area contributed by atoms with Crippen LogP contribution in [0, 0.1) is 17.8 Å². The van der Waals surface area contributed by atoms with Crippen molar-refractivity contribution in [3.8, 4) is 0 Å². The normalized spacial score (nSPS) is 27.9. The van der Waals surface area contributed by atoms with E-state index in [0.29, 0.717) is 12.1 Å². The lowest BCUT2D eigenvalue weighted by atomic mass is 9.78. The summed E-state index contributed by atoms with van der Waals surface area (Å²) < 4.78 is 0. The summed E-state index contributed by atoms with van der Waals surface area (Å²) in [6, 6.07) is 5.75. The van der Waals surface area contributed by atoms with E-state index in [1.54, 1.807) is 6.07 Å². The fraction of sp³-hybridized carbons (Fsp3) is 0.312. The summed E-state index contributed by atoms with van der Waals surface area (Å²) >= 11 is 0. The lowest BCUT2D eigenvalue weighted by molar-refractivity contribution is -0.255. The summed E-state index contributed by atoms with van der Waals surface area (Å²) in [6.45, 7) is 1.92. The van der Waals surface area contributed by atoms with Crippen molar-refractivity contribution in [3.63, 3.8) is 0 Å². The third-order valence-corrected chi connectivity index (χ3v) is 4.21. The highest BCUT2D eigenvalue weighted by Crippen LogP contribution is 2.40. The van der Waals surface area contributed by atoms with Gasteiger partial charge >= 0.3 is 0 Å². The second kappa shape index (κ2) is 4.84. The molecule has 0 aromatic heterocycles. The molecular formula is C16H14NO4-. The molecule has 1 fully saturated rings. The Balaban J connectivity index is 2.00. The van der Waals surface area contributed by atoms with E-state index >= 15 is 0 Å². The Bertz CT molecular complexity index is 664. The number of carbonyl (C=O) groups is 3. The molecule has 1 heterocycles. The molecule has 1 aliphatic carbocycles. The molecule has 3 rings (SSSR count). The van der Waals surface area contributed by atoms with Gasteiger partial charge in [-0.15, -0.1) is 0 Å². The van der Waals surface area contributed by atoms with Gasteiger partial charge in [0.2, 0.25) is 11.8 Å². The van der Waals surface area contributed by atoms with Crippen molar-refractivity contribution < 1.29 is 19.5 Å². The first-order chi connectivity index (χ1) is 10.0. The van der Waals surface area contributed by atoms with E-state index in [0.717, 1.165) is 4.90 Å². The predicted molar refractivity (Wildman–Crippen MR) is 73.2 cm³/mol. The Labute approximate surface area is 121 Å². The van der Waals surface area contributed by atoms with Gasteiger partial charge in [-0.1, -0.05) is 31.2 Å². The number of carbonyl (C=O) groups excluding carboxylic acids is 3. The van der Waals surface area contributed by atoms with E-state index in [1.165, 1.54) is 18.2 Å². The predicted octanol–water partition coefficient (Wildman–Crippen LogP) is 0.752. The van der Waals surface area contributed by atoms with E-state index in [2.05, 4.69) is 0 Å². The number of nitrogens with zero attached hydrogens (tertiary/aromatic N) is 1. The number of hydrogen-bond acceptors (Lipinski definition) is 4. The quantitative estimate of drug-likeness (QED) is 0.593. The molecule has 0 radical (unpaired) electrons. The highest BCUT2D eigenvalue weighted by molar-refractivity contribution is 6.22. The zero-order valence-corrected chi connectivity index (χ0v) is 11.5. The highest BCUT2D eigenvalue weighted by atomic mass is 16.4. The van der Waals surface area contributed by atoms with E-state index in [4.69, 9.17) is 0 Å². The molecule has 1 aromatic carbocycles. The molecule has 0 bridgehead atoms. The van der Waals surface area contributed by atoms with Crippen LogP contribution in [0.5, 0.6) is 0 Å². The van der Waals surface area contributed by atoms with Gasteiger partial charge in [-0.2, -0.15) is 0 Å². The Morgan fingerprint density at radius 3 is 2.71 bits per heavy atom. The Morgan fingerprint density at radius 2 is 2.05 bits per heavy atom. The van der Waals surface area contributed by atoms with E-state index in [9.17, 15) is 19.5 Å². The number of fused-ring (bicyclic) bond motifs is 1. The van der Waals surface area contributed by atoms with Gasteiger partial charge in [0, 0.05) is 0 Å². The van der Waals surface area contributed by atoms with E-state index < -0.39 is 5.97 Å². The zero-order valence-electron chi connectivity index (χ0n) is 11.5. The topological polar surface area (TPSA) is 77.5 Å². The monoisotopic (exact) mass is 284 g/mol. The number of hydrogen-bond donors (Lipinski definition) is 0. The summed E-state index contributed by atoms with van der Waals surface area (Å²) in [5, 5.41) is 10.9. The van der Waals surface area contributed by atoms with Gasteiger partial charge in [0.25, 0.3) is 0 Å². The number of allylic oxidation sites excluding steroid dienone is 2. The highest BCUT2D eigenvalue weighted by Gasteiger charge is 2.50. The molecule has 0 N–H and O–H groups in total. The zero-order chi connectivity index (χ0) is 15.1. The van der Waals surface area contributed by atoms with Crippen molar-refractivity contribution in [2.24, 2.45) is 17.8 Å². The molecule has 1 aromatic rings. The van der Waals surface area contributed by atoms with Crippen molar-refractivity contribution >= 4 is 23.5 Å². The number of benzene rings is 1. The number of anilines is 1. The third kappa shape index (κ3) is 2.05. The van der Waals surface area contributed by atoms with Crippen molar-refractivity contribution in [1.82, 2.24) is 0 Å². The minimum Gasteiger partial charge on any atom is -0.545 e. The van der Waals surface area contributed by atoms with Crippen LogP contribution in [0.4, 0.5) is 5.69 Å². The first-order valence-electron chi connectivity index (χ1n) is 6.86. The molecule has 2 aliphatic rings. The maximum atomic E-state index is 12.6. The summed E-state index contributed by atoms with van der Waals surface area (Å²) in [4.78, 5) is 37.1. The fourth-order valence-corrected chi connectivity index (χ4v) is 3.17. The average Bonchev–Trinajstić information content (AvgIpc) is 2.72. The minimum atomic E-state index is -1.33. The average molecular weight is 284 g/mol. The van der Waals surface area contributed by atoms with Crippen LogP contribution in [-0.2, 0) is 9.59 Å². The summed E-state index contributed by atoms with van der Waals surface area (Å²) in [5.41, 5.74) is 0.252. The number of carboxylic acids is 1.